The Bertz CT molecular complexity index is 1080. The average molecular weight is 407 g/mol. The van der Waals surface area contributed by atoms with Crippen molar-refractivity contribution >= 4 is 40.2 Å². The van der Waals surface area contributed by atoms with Crippen LogP contribution in [0.15, 0.2) is 48.5 Å². The van der Waals surface area contributed by atoms with Crippen molar-refractivity contribution in [1.29, 1.82) is 5.26 Å². The number of aryl methyl sites for hydroxylation is 2. The van der Waals surface area contributed by atoms with Crippen molar-refractivity contribution < 1.29 is 9.59 Å². The van der Waals surface area contributed by atoms with E-state index in [1.54, 1.807) is 18.5 Å². The summed E-state index contributed by atoms with van der Waals surface area (Å²) in [5.41, 5.74) is 3.44. The maximum atomic E-state index is 12.9. The fourth-order valence-corrected chi connectivity index (χ4v) is 3.80. The zero-order chi connectivity index (χ0) is 21.0. The molecule has 29 heavy (non-hydrogen) atoms. The molecule has 0 radical (unpaired) electrons. The van der Waals surface area contributed by atoms with Crippen LogP contribution in [-0.4, -0.2) is 32.2 Å². The van der Waals surface area contributed by atoms with Crippen molar-refractivity contribution in [2.45, 2.75) is 25.0 Å². The summed E-state index contributed by atoms with van der Waals surface area (Å²) in [5.74, 6) is -0.860. The van der Waals surface area contributed by atoms with Crippen LogP contribution < -0.4 is 5.32 Å². The molecular formula is C22H22N4O2S. The van der Waals surface area contributed by atoms with Gasteiger partial charge in [0.2, 0.25) is 5.91 Å². The van der Waals surface area contributed by atoms with E-state index in [1.165, 1.54) is 11.8 Å². The number of nitriles is 1. The number of rotatable bonds is 7. The van der Waals surface area contributed by atoms with Gasteiger partial charge in [-0.3, -0.25) is 9.59 Å². The molecule has 0 aliphatic rings. The number of hydrogen-bond donors (Lipinski definition) is 1. The molecule has 0 unspecified atom stereocenters. The number of nitrogens with one attached hydrogen (secondary N) is 1. The first-order valence-corrected chi connectivity index (χ1v) is 10.3. The molecule has 0 saturated carbocycles. The summed E-state index contributed by atoms with van der Waals surface area (Å²) >= 11 is 1.22. The highest BCUT2D eigenvalue weighted by Crippen LogP contribution is 2.25. The molecule has 1 amide bonds. The number of ketones is 1. The topological polar surface area (TPSA) is 87.8 Å². The number of nitrogens with zero attached hydrogens (tertiary/aromatic N) is 3. The second-order valence-electron chi connectivity index (χ2n) is 6.85. The Morgan fingerprint density at radius 3 is 2.55 bits per heavy atom. The summed E-state index contributed by atoms with van der Waals surface area (Å²) < 4.78 is 1.78. The molecule has 0 spiro atoms. The van der Waals surface area contributed by atoms with E-state index in [-0.39, 0.29) is 17.4 Å². The third-order valence-electron chi connectivity index (χ3n) is 4.69. The average Bonchev–Trinajstić information content (AvgIpc) is 3.05. The van der Waals surface area contributed by atoms with Crippen molar-refractivity contribution in [3.63, 3.8) is 0 Å². The summed E-state index contributed by atoms with van der Waals surface area (Å²) in [5, 5.41) is 11.9. The lowest BCUT2D eigenvalue weighted by Gasteiger charge is -2.14. The van der Waals surface area contributed by atoms with Crippen LogP contribution in [0.1, 0.15) is 24.2 Å². The first-order valence-electron chi connectivity index (χ1n) is 9.23. The van der Waals surface area contributed by atoms with Gasteiger partial charge in [0.1, 0.15) is 5.82 Å². The molecule has 1 N–H and O–H groups in total. The first-order chi connectivity index (χ1) is 13.9. The Morgan fingerprint density at radius 1 is 1.21 bits per heavy atom. The fourth-order valence-electron chi connectivity index (χ4n) is 3.02. The van der Waals surface area contributed by atoms with Crippen LogP contribution in [0.5, 0.6) is 0 Å². The van der Waals surface area contributed by atoms with Crippen molar-refractivity contribution in [3.05, 3.63) is 59.9 Å². The van der Waals surface area contributed by atoms with Gasteiger partial charge in [-0.25, -0.2) is 4.98 Å². The quantitative estimate of drug-likeness (QED) is 0.644. The Kier molecular flexibility index (Phi) is 6.35. The molecule has 2 aromatic carbocycles. The number of imidazole rings is 1. The third-order valence-corrected chi connectivity index (χ3v) is 5.86. The molecule has 0 fully saturated rings. The zero-order valence-corrected chi connectivity index (χ0v) is 17.4. The lowest BCUT2D eigenvalue weighted by atomic mass is 10.0. The van der Waals surface area contributed by atoms with Crippen LogP contribution in [0.4, 0.5) is 5.69 Å². The molecular weight excluding hydrogens is 384 g/mol. The van der Waals surface area contributed by atoms with Crippen LogP contribution in [0.3, 0.4) is 0 Å². The Balaban J connectivity index is 1.64. The molecule has 3 aromatic rings. The van der Waals surface area contributed by atoms with Gasteiger partial charge in [0.25, 0.3) is 0 Å². The van der Waals surface area contributed by atoms with E-state index < -0.39 is 11.2 Å². The SMILES string of the molecule is Cc1ccc(NC(=O)CS[C@H](C)C(=O)[C@H](C#N)c2nc3ccccc3n2C)cc1. The maximum Gasteiger partial charge on any atom is 0.234 e. The van der Waals surface area contributed by atoms with Crippen LogP contribution in [0.2, 0.25) is 0 Å². The predicted octanol–water partition coefficient (Wildman–Crippen LogP) is 3.82. The van der Waals surface area contributed by atoms with Crippen molar-refractivity contribution in [2.75, 3.05) is 11.1 Å². The molecule has 1 heterocycles. The summed E-state index contributed by atoms with van der Waals surface area (Å²) in [6.07, 6.45) is 0. The number of fused-ring (bicyclic) bond motifs is 1. The summed E-state index contributed by atoms with van der Waals surface area (Å²) in [4.78, 5) is 29.5. The minimum Gasteiger partial charge on any atom is -0.330 e. The highest BCUT2D eigenvalue weighted by molar-refractivity contribution is 8.01. The second kappa shape index (κ2) is 8.93. The number of para-hydroxylation sites is 2. The molecule has 0 aliphatic carbocycles. The van der Waals surface area contributed by atoms with Crippen molar-refractivity contribution in [1.82, 2.24) is 9.55 Å². The van der Waals surface area contributed by atoms with Gasteiger partial charge >= 0.3 is 0 Å². The zero-order valence-electron chi connectivity index (χ0n) is 16.5. The molecule has 1 aromatic heterocycles. The van der Waals surface area contributed by atoms with Gasteiger partial charge in [-0.05, 0) is 38.1 Å². The minimum absolute atomic E-state index is 0.126. The standard InChI is InChI=1S/C22H22N4O2S/c1-14-8-10-16(11-9-14)24-20(27)13-29-15(2)21(28)17(12-23)22-25-18-6-4-5-7-19(18)26(22)3/h4-11,15,17H,13H2,1-3H3,(H,24,27)/t15-,17+/m1/s1. The van der Waals surface area contributed by atoms with E-state index in [0.29, 0.717) is 5.82 Å². The molecule has 6 nitrogen and oxygen atoms in total. The van der Waals surface area contributed by atoms with E-state index in [4.69, 9.17) is 0 Å². The molecule has 148 valence electrons. The number of thioether (sulfide) groups is 1. The van der Waals surface area contributed by atoms with Gasteiger partial charge in [0, 0.05) is 12.7 Å². The molecule has 2 atom stereocenters. The summed E-state index contributed by atoms with van der Waals surface area (Å²) in [6.45, 7) is 3.70. The normalized spacial score (nSPS) is 12.9. The van der Waals surface area contributed by atoms with Gasteiger partial charge < -0.3 is 9.88 Å². The Morgan fingerprint density at radius 2 is 1.90 bits per heavy atom. The van der Waals surface area contributed by atoms with Gasteiger partial charge in [-0.2, -0.15) is 5.26 Å². The van der Waals surface area contributed by atoms with Crippen molar-refractivity contribution in [2.24, 2.45) is 7.05 Å². The highest BCUT2D eigenvalue weighted by atomic mass is 32.2. The Labute approximate surface area is 173 Å². The van der Waals surface area contributed by atoms with Crippen molar-refractivity contribution in [3.8, 4) is 6.07 Å². The third kappa shape index (κ3) is 4.66. The van der Waals surface area contributed by atoms with Gasteiger partial charge in [0.05, 0.1) is 28.1 Å². The van der Waals surface area contributed by atoms with Crippen LogP contribution >= 0.6 is 11.8 Å². The molecule has 0 saturated heterocycles. The predicted molar refractivity (Wildman–Crippen MR) is 116 cm³/mol. The number of carbonyl (C=O) groups is 2. The summed E-state index contributed by atoms with van der Waals surface area (Å²) in [6, 6.07) is 17.1. The van der Waals surface area contributed by atoms with E-state index in [9.17, 15) is 14.9 Å². The van der Waals surface area contributed by atoms with E-state index in [2.05, 4.69) is 16.4 Å². The number of carbonyl (C=O) groups excluding carboxylic acids is 2. The molecule has 0 bridgehead atoms. The number of benzene rings is 2. The number of hydrogen-bond acceptors (Lipinski definition) is 5. The molecule has 7 heteroatoms. The van der Waals surface area contributed by atoms with E-state index >= 15 is 0 Å². The lowest BCUT2D eigenvalue weighted by molar-refractivity contribution is -0.118. The first kappa shape index (κ1) is 20.6. The van der Waals surface area contributed by atoms with Crippen LogP contribution in [0, 0.1) is 18.3 Å². The second-order valence-corrected chi connectivity index (χ2v) is 8.18. The maximum absolute atomic E-state index is 12.9. The van der Waals surface area contributed by atoms with E-state index in [0.717, 1.165) is 22.3 Å². The smallest absolute Gasteiger partial charge is 0.234 e. The summed E-state index contributed by atoms with van der Waals surface area (Å²) in [7, 11) is 1.80. The molecule has 0 aliphatic heterocycles. The number of aromatic nitrogens is 2. The van der Waals surface area contributed by atoms with Crippen LogP contribution in [-0.2, 0) is 16.6 Å². The number of amides is 1. The lowest BCUT2D eigenvalue weighted by Crippen LogP contribution is -2.25. The highest BCUT2D eigenvalue weighted by Gasteiger charge is 2.30. The van der Waals surface area contributed by atoms with Gasteiger partial charge in [0.15, 0.2) is 11.7 Å². The van der Waals surface area contributed by atoms with E-state index in [1.807, 2.05) is 55.5 Å². The fraction of sp³-hybridized carbons (Fsp3) is 0.273. The Hall–Kier alpha value is -3.11. The minimum atomic E-state index is -0.977. The largest absolute Gasteiger partial charge is 0.330 e. The van der Waals surface area contributed by atoms with Gasteiger partial charge in [-0.1, -0.05) is 29.8 Å². The van der Waals surface area contributed by atoms with Crippen LogP contribution in [0.25, 0.3) is 11.0 Å². The molecule has 3 rings (SSSR count). The number of anilines is 1. The van der Waals surface area contributed by atoms with Gasteiger partial charge in [-0.15, -0.1) is 11.8 Å². The number of Topliss-reactive ketones (excluding diaryl/α,β-unsaturated/α-hetero) is 1. The monoisotopic (exact) mass is 406 g/mol.